The molecule has 1 aliphatic rings. The Hall–Kier alpha value is -1.26. The molecule has 1 aliphatic heterocycles. The molecular formula is C16H25ClN2O2. The Balaban J connectivity index is 0.00000220. The predicted molar refractivity (Wildman–Crippen MR) is 87.2 cm³/mol. The van der Waals surface area contributed by atoms with Gasteiger partial charge in [0, 0.05) is 12.5 Å². The monoisotopic (exact) mass is 312 g/mol. The fourth-order valence-corrected chi connectivity index (χ4v) is 2.43. The lowest BCUT2D eigenvalue weighted by atomic mass is 10.1. The number of ether oxygens (including phenoxy) is 1. The molecule has 2 rings (SSSR count). The second-order valence-electron chi connectivity index (χ2n) is 5.50. The van der Waals surface area contributed by atoms with Gasteiger partial charge in [0.05, 0.1) is 6.54 Å². The number of carbonyl (C=O) groups is 1. The Labute approximate surface area is 133 Å². The van der Waals surface area contributed by atoms with E-state index < -0.39 is 0 Å². The van der Waals surface area contributed by atoms with E-state index in [-0.39, 0.29) is 24.4 Å². The van der Waals surface area contributed by atoms with Crippen LogP contribution in [0.4, 0.5) is 0 Å². The predicted octanol–water partition coefficient (Wildman–Crippen LogP) is 2.44. The van der Waals surface area contributed by atoms with E-state index in [2.05, 4.69) is 10.6 Å². The van der Waals surface area contributed by atoms with E-state index in [1.54, 1.807) is 0 Å². The first kappa shape index (κ1) is 17.8. The van der Waals surface area contributed by atoms with E-state index in [1.165, 1.54) is 6.42 Å². The zero-order chi connectivity index (χ0) is 14.4. The lowest BCUT2D eigenvalue weighted by Gasteiger charge is -2.17. The molecule has 1 amide bonds. The number of para-hydroxylation sites is 1. The van der Waals surface area contributed by atoms with Crippen LogP contribution in [0.15, 0.2) is 24.3 Å². The molecule has 118 valence electrons. The molecule has 0 saturated carbocycles. The van der Waals surface area contributed by atoms with Crippen LogP contribution in [-0.2, 0) is 4.79 Å². The molecule has 21 heavy (non-hydrogen) atoms. The van der Waals surface area contributed by atoms with E-state index in [9.17, 15) is 4.79 Å². The van der Waals surface area contributed by atoms with Gasteiger partial charge in [-0.25, -0.2) is 0 Å². The normalized spacial score (nSPS) is 18.7. The highest BCUT2D eigenvalue weighted by Crippen LogP contribution is 2.17. The fraction of sp³-hybridized carbons (Fsp3) is 0.562. The van der Waals surface area contributed by atoms with Crippen LogP contribution in [0.2, 0.25) is 0 Å². The smallest absolute Gasteiger partial charge is 0.221 e. The molecule has 0 aromatic heterocycles. The standard InChI is InChI=1S/C16H24N2O2.ClH/c1-12-6-3-4-8-15(12)20-13(2)11-18-16(19)10-14-7-5-9-17-14;/h3-4,6,8,13-14,17H,5,7,9-11H2,1-2H3,(H,18,19);1H. The molecule has 0 bridgehead atoms. The Morgan fingerprint density at radius 2 is 2.24 bits per heavy atom. The van der Waals surface area contributed by atoms with Gasteiger partial charge in [0.1, 0.15) is 11.9 Å². The number of halogens is 1. The maximum Gasteiger partial charge on any atom is 0.221 e. The molecule has 0 radical (unpaired) electrons. The van der Waals surface area contributed by atoms with Crippen LogP contribution in [-0.4, -0.2) is 31.1 Å². The van der Waals surface area contributed by atoms with Crippen LogP contribution in [0.3, 0.4) is 0 Å². The van der Waals surface area contributed by atoms with Crippen molar-refractivity contribution < 1.29 is 9.53 Å². The van der Waals surface area contributed by atoms with E-state index in [1.807, 2.05) is 38.1 Å². The zero-order valence-corrected chi connectivity index (χ0v) is 13.5. The second kappa shape index (κ2) is 8.90. The van der Waals surface area contributed by atoms with Crippen molar-refractivity contribution in [2.45, 2.75) is 45.3 Å². The summed E-state index contributed by atoms with van der Waals surface area (Å²) in [5, 5.41) is 6.28. The quantitative estimate of drug-likeness (QED) is 0.848. The molecule has 1 fully saturated rings. The lowest BCUT2D eigenvalue weighted by molar-refractivity contribution is -0.121. The summed E-state index contributed by atoms with van der Waals surface area (Å²) in [6.07, 6.45) is 2.81. The molecule has 0 aliphatic carbocycles. The molecule has 1 heterocycles. The highest BCUT2D eigenvalue weighted by Gasteiger charge is 2.17. The Bertz CT molecular complexity index is 448. The number of benzene rings is 1. The number of hydrogen-bond donors (Lipinski definition) is 2. The van der Waals surface area contributed by atoms with Gasteiger partial charge in [-0.2, -0.15) is 0 Å². The summed E-state index contributed by atoms with van der Waals surface area (Å²) < 4.78 is 5.84. The Morgan fingerprint density at radius 1 is 1.48 bits per heavy atom. The first-order chi connectivity index (χ1) is 9.65. The summed E-state index contributed by atoms with van der Waals surface area (Å²) >= 11 is 0. The van der Waals surface area contributed by atoms with Gasteiger partial charge in [-0.15, -0.1) is 12.4 Å². The summed E-state index contributed by atoms with van der Waals surface area (Å²) in [6.45, 7) is 5.57. The lowest BCUT2D eigenvalue weighted by Crippen LogP contribution is -2.37. The average Bonchev–Trinajstić information content (AvgIpc) is 2.92. The molecule has 4 nitrogen and oxygen atoms in total. The summed E-state index contributed by atoms with van der Waals surface area (Å²) in [6, 6.07) is 8.27. The minimum absolute atomic E-state index is 0. The Kier molecular flexibility index (Phi) is 7.54. The molecule has 2 unspecified atom stereocenters. The number of amides is 1. The summed E-state index contributed by atoms with van der Waals surface area (Å²) in [4.78, 5) is 11.8. The van der Waals surface area contributed by atoms with Crippen LogP contribution >= 0.6 is 12.4 Å². The minimum atomic E-state index is -0.0309. The maximum absolute atomic E-state index is 11.8. The van der Waals surface area contributed by atoms with Crippen molar-refractivity contribution in [3.8, 4) is 5.75 Å². The third-order valence-electron chi connectivity index (χ3n) is 3.60. The summed E-state index contributed by atoms with van der Waals surface area (Å²) in [7, 11) is 0. The van der Waals surface area contributed by atoms with Crippen LogP contribution in [0.5, 0.6) is 5.75 Å². The largest absolute Gasteiger partial charge is 0.489 e. The highest BCUT2D eigenvalue weighted by molar-refractivity contribution is 5.85. The number of aryl methyl sites for hydroxylation is 1. The van der Waals surface area contributed by atoms with Crippen molar-refractivity contribution in [2.75, 3.05) is 13.1 Å². The minimum Gasteiger partial charge on any atom is -0.489 e. The van der Waals surface area contributed by atoms with Gasteiger partial charge in [0.15, 0.2) is 0 Å². The third-order valence-corrected chi connectivity index (χ3v) is 3.60. The molecule has 2 atom stereocenters. The van der Waals surface area contributed by atoms with Gasteiger partial charge >= 0.3 is 0 Å². The van der Waals surface area contributed by atoms with Crippen LogP contribution in [0, 0.1) is 6.92 Å². The van der Waals surface area contributed by atoms with Crippen molar-refractivity contribution in [1.82, 2.24) is 10.6 Å². The van der Waals surface area contributed by atoms with E-state index in [0.717, 1.165) is 24.3 Å². The Morgan fingerprint density at radius 3 is 2.90 bits per heavy atom. The number of carbonyl (C=O) groups excluding carboxylic acids is 1. The van der Waals surface area contributed by atoms with Crippen molar-refractivity contribution in [3.63, 3.8) is 0 Å². The SMILES string of the molecule is Cc1ccccc1OC(C)CNC(=O)CC1CCCN1.Cl. The van der Waals surface area contributed by atoms with E-state index in [4.69, 9.17) is 4.74 Å². The molecule has 1 aromatic rings. The first-order valence-electron chi connectivity index (χ1n) is 7.37. The molecule has 1 aromatic carbocycles. The van der Waals surface area contributed by atoms with Crippen molar-refractivity contribution in [3.05, 3.63) is 29.8 Å². The van der Waals surface area contributed by atoms with Crippen molar-refractivity contribution >= 4 is 18.3 Å². The van der Waals surface area contributed by atoms with Gasteiger partial charge in [-0.05, 0) is 44.9 Å². The summed E-state index contributed by atoms with van der Waals surface area (Å²) in [5.41, 5.74) is 1.11. The third kappa shape index (κ3) is 5.94. The van der Waals surface area contributed by atoms with Crippen LogP contribution in [0.25, 0.3) is 0 Å². The van der Waals surface area contributed by atoms with Crippen LogP contribution < -0.4 is 15.4 Å². The fourth-order valence-electron chi connectivity index (χ4n) is 2.43. The van der Waals surface area contributed by atoms with Gasteiger partial charge in [-0.1, -0.05) is 18.2 Å². The van der Waals surface area contributed by atoms with Gasteiger partial charge in [0.25, 0.3) is 0 Å². The van der Waals surface area contributed by atoms with Crippen LogP contribution in [0.1, 0.15) is 31.7 Å². The van der Waals surface area contributed by atoms with E-state index >= 15 is 0 Å². The van der Waals surface area contributed by atoms with Crippen molar-refractivity contribution in [1.29, 1.82) is 0 Å². The van der Waals surface area contributed by atoms with E-state index in [0.29, 0.717) is 19.0 Å². The summed E-state index contributed by atoms with van der Waals surface area (Å²) in [5.74, 6) is 0.983. The van der Waals surface area contributed by atoms with Gasteiger partial charge < -0.3 is 15.4 Å². The average molecular weight is 313 g/mol. The number of hydrogen-bond acceptors (Lipinski definition) is 3. The topological polar surface area (TPSA) is 50.4 Å². The molecular weight excluding hydrogens is 288 g/mol. The zero-order valence-electron chi connectivity index (χ0n) is 12.7. The number of rotatable bonds is 6. The molecule has 0 spiro atoms. The first-order valence-corrected chi connectivity index (χ1v) is 7.37. The van der Waals surface area contributed by atoms with Gasteiger partial charge in [0.2, 0.25) is 5.91 Å². The highest BCUT2D eigenvalue weighted by atomic mass is 35.5. The molecule has 2 N–H and O–H groups in total. The molecule has 1 saturated heterocycles. The number of nitrogens with one attached hydrogen (secondary N) is 2. The second-order valence-corrected chi connectivity index (χ2v) is 5.50. The molecule has 5 heteroatoms. The van der Waals surface area contributed by atoms with Crippen molar-refractivity contribution in [2.24, 2.45) is 0 Å². The van der Waals surface area contributed by atoms with Gasteiger partial charge in [-0.3, -0.25) is 4.79 Å². The maximum atomic E-state index is 11.8.